The summed E-state index contributed by atoms with van der Waals surface area (Å²) in [6.07, 6.45) is 2.14. The molecule has 0 radical (unpaired) electrons. The minimum atomic E-state index is -0.813. The van der Waals surface area contributed by atoms with Crippen molar-refractivity contribution in [3.05, 3.63) is 65.3 Å². The number of esters is 1. The lowest BCUT2D eigenvalue weighted by molar-refractivity contribution is -0.142. The number of nitrogens with one attached hydrogen (secondary N) is 3. The number of aromatic nitrogens is 1. The molecule has 0 fully saturated rings. The van der Waals surface area contributed by atoms with Crippen LogP contribution in [0.25, 0.3) is 10.9 Å². The first-order valence-electron chi connectivity index (χ1n) is 8.02. The lowest BCUT2D eigenvalue weighted by Gasteiger charge is -2.17. The van der Waals surface area contributed by atoms with Crippen LogP contribution in [0.2, 0.25) is 5.02 Å². The molecule has 3 aromatic rings. The Morgan fingerprint density at radius 2 is 1.88 bits per heavy atom. The van der Waals surface area contributed by atoms with E-state index in [-0.39, 0.29) is 0 Å². The third-order valence-corrected chi connectivity index (χ3v) is 4.24. The van der Waals surface area contributed by atoms with Gasteiger partial charge < -0.3 is 20.4 Å². The summed E-state index contributed by atoms with van der Waals surface area (Å²) in [6, 6.07) is 13.1. The van der Waals surface area contributed by atoms with Crippen molar-refractivity contribution in [1.29, 1.82) is 0 Å². The van der Waals surface area contributed by atoms with Crippen molar-refractivity contribution in [2.75, 3.05) is 12.4 Å². The second kappa shape index (κ2) is 7.93. The molecule has 26 heavy (non-hydrogen) atoms. The molecule has 2 amide bonds. The van der Waals surface area contributed by atoms with E-state index in [4.69, 9.17) is 16.3 Å². The van der Waals surface area contributed by atoms with Crippen LogP contribution in [0.15, 0.2) is 54.7 Å². The smallest absolute Gasteiger partial charge is 0.328 e. The lowest BCUT2D eigenvalue weighted by Crippen LogP contribution is -2.45. The molecule has 0 saturated carbocycles. The topological polar surface area (TPSA) is 83.2 Å². The second-order valence-corrected chi connectivity index (χ2v) is 6.18. The number of halogens is 1. The first kappa shape index (κ1) is 17.8. The molecule has 0 saturated heterocycles. The van der Waals surface area contributed by atoms with Crippen LogP contribution in [0.5, 0.6) is 0 Å². The third kappa shape index (κ3) is 4.15. The number of fused-ring (bicyclic) bond motifs is 1. The Labute approximate surface area is 155 Å². The molecule has 1 atom stereocenters. The van der Waals surface area contributed by atoms with Gasteiger partial charge in [-0.1, -0.05) is 29.8 Å². The molecule has 0 bridgehead atoms. The normalized spacial score (nSPS) is 11.8. The van der Waals surface area contributed by atoms with Crippen molar-refractivity contribution in [3.63, 3.8) is 0 Å². The summed E-state index contributed by atoms with van der Waals surface area (Å²) in [6.45, 7) is 0. The van der Waals surface area contributed by atoms with Gasteiger partial charge in [-0.25, -0.2) is 9.59 Å². The Hall–Kier alpha value is -2.99. The molecule has 1 unspecified atom stereocenters. The SMILES string of the molecule is COC(=O)C(Cc1c[nH]c2ccccc12)NC(=O)Nc1ccc(Cl)cc1. The zero-order valence-electron chi connectivity index (χ0n) is 14.1. The van der Waals surface area contributed by atoms with Crippen LogP contribution in [0, 0.1) is 0 Å². The van der Waals surface area contributed by atoms with Gasteiger partial charge in [0.2, 0.25) is 0 Å². The van der Waals surface area contributed by atoms with Gasteiger partial charge in [0.15, 0.2) is 0 Å². The minimum Gasteiger partial charge on any atom is -0.467 e. The standard InChI is InChI=1S/C19H18ClN3O3/c1-26-18(24)17(10-12-11-21-16-5-3-2-4-15(12)16)23-19(25)22-14-8-6-13(20)7-9-14/h2-9,11,17,21H,10H2,1H3,(H2,22,23,25). The fourth-order valence-corrected chi connectivity index (χ4v) is 2.84. The summed E-state index contributed by atoms with van der Waals surface area (Å²) in [5, 5.41) is 6.91. The number of urea groups is 1. The van der Waals surface area contributed by atoms with E-state index in [0.717, 1.165) is 16.5 Å². The Kier molecular flexibility index (Phi) is 5.43. The van der Waals surface area contributed by atoms with Gasteiger partial charge in [0, 0.05) is 34.2 Å². The Bertz CT molecular complexity index is 921. The Morgan fingerprint density at radius 3 is 2.62 bits per heavy atom. The first-order valence-corrected chi connectivity index (χ1v) is 8.40. The number of carbonyl (C=O) groups excluding carboxylic acids is 2. The van der Waals surface area contributed by atoms with Gasteiger partial charge in [-0.05, 0) is 35.9 Å². The summed E-state index contributed by atoms with van der Waals surface area (Å²) in [7, 11) is 1.29. The number of ether oxygens (including phenoxy) is 1. The number of benzene rings is 2. The monoisotopic (exact) mass is 371 g/mol. The highest BCUT2D eigenvalue weighted by molar-refractivity contribution is 6.30. The van der Waals surface area contributed by atoms with Crippen LogP contribution < -0.4 is 10.6 Å². The number of H-pyrrole nitrogens is 1. The molecule has 6 nitrogen and oxygen atoms in total. The van der Waals surface area contributed by atoms with Gasteiger partial charge in [0.25, 0.3) is 0 Å². The maximum absolute atomic E-state index is 12.2. The van der Waals surface area contributed by atoms with Gasteiger partial charge >= 0.3 is 12.0 Å². The van der Waals surface area contributed by atoms with Crippen LogP contribution in [-0.2, 0) is 16.0 Å². The van der Waals surface area contributed by atoms with Gasteiger partial charge in [0.1, 0.15) is 6.04 Å². The number of rotatable bonds is 5. The molecule has 0 aliphatic rings. The molecule has 0 spiro atoms. The average molecular weight is 372 g/mol. The summed E-state index contributed by atoms with van der Waals surface area (Å²) < 4.78 is 4.83. The maximum atomic E-state index is 12.2. The fourth-order valence-electron chi connectivity index (χ4n) is 2.71. The van der Waals surface area contributed by atoms with Gasteiger partial charge in [-0.2, -0.15) is 0 Å². The number of methoxy groups -OCH3 is 1. The Morgan fingerprint density at radius 1 is 1.15 bits per heavy atom. The number of hydrogen-bond acceptors (Lipinski definition) is 3. The van der Waals surface area contributed by atoms with Crippen LogP contribution in [-0.4, -0.2) is 30.1 Å². The molecule has 3 rings (SSSR count). The summed E-state index contributed by atoms with van der Waals surface area (Å²) >= 11 is 5.83. The largest absolute Gasteiger partial charge is 0.467 e. The molecule has 2 aromatic carbocycles. The van der Waals surface area contributed by atoms with Crippen LogP contribution in [0.1, 0.15) is 5.56 Å². The van der Waals surface area contributed by atoms with Crippen LogP contribution in [0.3, 0.4) is 0 Å². The van der Waals surface area contributed by atoms with Crippen molar-refractivity contribution >= 4 is 40.2 Å². The van der Waals surface area contributed by atoms with E-state index in [2.05, 4.69) is 15.6 Å². The predicted molar refractivity (Wildman–Crippen MR) is 101 cm³/mol. The first-order chi connectivity index (χ1) is 12.6. The van der Waals surface area contributed by atoms with E-state index in [0.29, 0.717) is 17.1 Å². The van der Waals surface area contributed by atoms with Crippen molar-refractivity contribution in [2.45, 2.75) is 12.5 Å². The van der Waals surface area contributed by atoms with Crippen LogP contribution in [0.4, 0.5) is 10.5 Å². The molecule has 0 aliphatic heterocycles. The van der Waals surface area contributed by atoms with E-state index in [1.54, 1.807) is 24.3 Å². The van der Waals surface area contributed by atoms with Gasteiger partial charge in [-0.15, -0.1) is 0 Å². The average Bonchev–Trinajstić information content (AvgIpc) is 3.05. The van der Waals surface area contributed by atoms with Crippen LogP contribution >= 0.6 is 11.6 Å². The molecular weight excluding hydrogens is 354 g/mol. The maximum Gasteiger partial charge on any atom is 0.328 e. The zero-order valence-corrected chi connectivity index (χ0v) is 14.8. The fraction of sp³-hybridized carbons (Fsp3) is 0.158. The van der Waals surface area contributed by atoms with Gasteiger partial charge in [-0.3, -0.25) is 0 Å². The number of anilines is 1. The molecule has 0 aliphatic carbocycles. The summed E-state index contributed by atoms with van der Waals surface area (Å²) in [5.41, 5.74) is 2.46. The second-order valence-electron chi connectivity index (χ2n) is 5.74. The highest BCUT2D eigenvalue weighted by atomic mass is 35.5. The van der Waals surface area contributed by atoms with E-state index in [9.17, 15) is 9.59 Å². The van der Waals surface area contributed by atoms with E-state index < -0.39 is 18.0 Å². The molecule has 134 valence electrons. The number of aromatic amines is 1. The number of amides is 2. The lowest BCUT2D eigenvalue weighted by atomic mass is 10.1. The van der Waals surface area contributed by atoms with E-state index in [1.165, 1.54) is 7.11 Å². The molecule has 7 heteroatoms. The third-order valence-electron chi connectivity index (χ3n) is 3.99. The van der Waals surface area contributed by atoms with Crippen molar-refractivity contribution < 1.29 is 14.3 Å². The van der Waals surface area contributed by atoms with E-state index in [1.807, 2.05) is 30.5 Å². The molecule has 3 N–H and O–H groups in total. The molecule has 1 aromatic heterocycles. The van der Waals surface area contributed by atoms with Crippen molar-refractivity contribution in [1.82, 2.24) is 10.3 Å². The number of para-hydroxylation sites is 1. The number of hydrogen-bond donors (Lipinski definition) is 3. The van der Waals surface area contributed by atoms with Gasteiger partial charge in [0.05, 0.1) is 7.11 Å². The summed E-state index contributed by atoms with van der Waals surface area (Å²) in [4.78, 5) is 27.5. The molecular formula is C19H18ClN3O3. The highest BCUT2D eigenvalue weighted by Gasteiger charge is 2.23. The summed E-state index contributed by atoms with van der Waals surface area (Å²) in [5.74, 6) is -0.512. The quantitative estimate of drug-likeness (QED) is 0.597. The Balaban J connectivity index is 1.72. The van der Waals surface area contributed by atoms with E-state index >= 15 is 0 Å². The van der Waals surface area contributed by atoms with Crippen molar-refractivity contribution in [2.24, 2.45) is 0 Å². The predicted octanol–water partition coefficient (Wildman–Crippen LogP) is 3.73. The highest BCUT2D eigenvalue weighted by Crippen LogP contribution is 2.19. The molecule has 1 heterocycles. The zero-order chi connectivity index (χ0) is 18.5. The number of carbonyl (C=O) groups is 2. The minimum absolute atomic E-state index is 0.310. The van der Waals surface area contributed by atoms with Crippen molar-refractivity contribution in [3.8, 4) is 0 Å².